The quantitative estimate of drug-likeness (QED) is 0.810. The average molecular weight is 326 g/mol. The molecule has 0 saturated carbocycles. The van der Waals surface area contributed by atoms with E-state index < -0.39 is 5.91 Å². The van der Waals surface area contributed by atoms with Crippen LogP contribution in [-0.2, 0) is 11.3 Å². The predicted molar refractivity (Wildman–Crippen MR) is 92.6 cm³/mol. The monoisotopic (exact) mass is 326 g/mol. The first-order chi connectivity index (χ1) is 11.6. The molecule has 2 aromatic carbocycles. The highest BCUT2D eigenvalue weighted by Gasteiger charge is 2.17. The molecule has 0 heterocycles. The summed E-state index contributed by atoms with van der Waals surface area (Å²) in [5, 5.41) is 0. The minimum Gasteiger partial charge on any atom is -0.494 e. The molecule has 0 spiro atoms. The molecule has 5 nitrogen and oxygen atoms in total. The number of hydrogen-bond donors (Lipinski definition) is 1. The van der Waals surface area contributed by atoms with Crippen LogP contribution in [-0.4, -0.2) is 29.9 Å². The lowest BCUT2D eigenvalue weighted by Crippen LogP contribution is -2.33. The minimum absolute atomic E-state index is 0.129. The van der Waals surface area contributed by atoms with E-state index in [0.717, 1.165) is 5.56 Å². The fraction of sp³-hybridized carbons (Fsp3) is 0.263. The van der Waals surface area contributed by atoms with E-state index in [1.165, 1.54) is 0 Å². The number of rotatable bonds is 8. The van der Waals surface area contributed by atoms with Crippen molar-refractivity contribution in [2.24, 2.45) is 5.73 Å². The van der Waals surface area contributed by atoms with Crippen molar-refractivity contribution in [3.05, 3.63) is 65.7 Å². The summed E-state index contributed by atoms with van der Waals surface area (Å²) in [5.41, 5.74) is 6.77. The maximum Gasteiger partial charge on any atom is 0.254 e. The molecule has 0 aromatic heterocycles. The van der Waals surface area contributed by atoms with Crippen molar-refractivity contribution in [3.63, 3.8) is 0 Å². The smallest absolute Gasteiger partial charge is 0.254 e. The lowest BCUT2D eigenvalue weighted by atomic mass is 10.1. The Hall–Kier alpha value is -2.82. The second-order valence-electron chi connectivity index (χ2n) is 5.39. The molecule has 0 radical (unpaired) electrons. The van der Waals surface area contributed by atoms with E-state index in [9.17, 15) is 9.59 Å². The number of ether oxygens (including phenoxy) is 1. The van der Waals surface area contributed by atoms with Crippen LogP contribution in [0.15, 0.2) is 54.6 Å². The summed E-state index contributed by atoms with van der Waals surface area (Å²) in [7, 11) is 0. The van der Waals surface area contributed by atoms with Gasteiger partial charge in [0.1, 0.15) is 5.75 Å². The van der Waals surface area contributed by atoms with Gasteiger partial charge in [-0.1, -0.05) is 36.4 Å². The topological polar surface area (TPSA) is 72.6 Å². The van der Waals surface area contributed by atoms with Crippen LogP contribution >= 0.6 is 0 Å². The van der Waals surface area contributed by atoms with Crippen LogP contribution in [0.4, 0.5) is 0 Å². The fourth-order valence-corrected chi connectivity index (χ4v) is 2.37. The maximum atomic E-state index is 12.8. The number of primary amides is 1. The second kappa shape index (κ2) is 8.72. The molecule has 0 bridgehead atoms. The minimum atomic E-state index is -0.427. The van der Waals surface area contributed by atoms with Crippen molar-refractivity contribution in [2.45, 2.75) is 19.9 Å². The summed E-state index contributed by atoms with van der Waals surface area (Å²) in [6.07, 6.45) is 0.129. The molecular formula is C19H22N2O3. The summed E-state index contributed by atoms with van der Waals surface area (Å²) >= 11 is 0. The van der Waals surface area contributed by atoms with Crippen molar-refractivity contribution in [1.82, 2.24) is 4.90 Å². The van der Waals surface area contributed by atoms with Gasteiger partial charge in [-0.25, -0.2) is 0 Å². The van der Waals surface area contributed by atoms with Crippen molar-refractivity contribution in [3.8, 4) is 5.75 Å². The van der Waals surface area contributed by atoms with Crippen LogP contribution in [0.25, 0.3) is 0 Å². The Balaban J connectivity index is 2.19. The van der Waals surface area contributed by atoms with E-state index in [0.29, 0.717) is 24.5 Å². The molecular weight excluding hydrogens is 304 g/mol. The molecule has 0 aliphatic carbocycles. The van der Waals surface area contributed by atoms with E-state index in [-0.39, 0.29) is 18.9 Å². The summed E-state index contributed by atoms with van der Waals surface area (Å²) in [5.74, 6) is 0.0727. The van der Waals surface area contributed by atoms with Gasteiger partial charge in [0, 0.05) is 25.1 Å². The number of nitrogens with zero attached hydrogens (tertiary/aromatic N) is 1. The first-order valence-electron chi connectivity index (χ1n) is 7.94. The third-order valence-corrected chi connectivity index (χ3v) is 3.52. The van der Waals surface area contributed by atoms with E-state index in [1.807, 2.05) is 43.3 Å². The molecule has 24 heavy (non-hydrogen) atoms. The molecule has 2 N–H and O–H groups in total. The highest BCUT2D eigenvalue weighted by molar-refractivity contribution is 5.94. The van der Waals surface area contributed by atoms with E-state index in [4.69, 9.17) is 10.5 Å². The first-order valence-corrected chi connectivity index (χ1v) is 7.94. The number of hydrogen-bond acceptors (Lipinski definition) is 3. The van der Waals surface area contributed by atoms with Gasteiger partial charge < -0.3 is 15.4 Å². The number of carbonyl (C=O) groups is 2. The third-order valence-electron chi connectivity index (χ3n) is 3.52. The van der Waals surface area contributed by atoms with Gasteiger partial charge in [-0.05, 0) is 30.7 Å². The lowest BCUT2D eigenvalue weighted by Gasteiger charge is -2.22. The largest absolute Gasteiger partial charge is 0.494 e. The summed E-state index contributed by atoms with van der Waals surface area (Å²) in [4.78, 5) is 25.6. The Bertz CT molecular complexity index is 686. The maximum absolute atomic E-state index is 12.8. The Morgan fingerprint density at radius 3 is 2.50 bits per heavy atom. The highest BCUT2D eigenvalue weighted by Crippen LogP contribution is 2.16. The molecule has 2 aromatic rings. The molecule has 2 amide bonds. The van der Waals surface area contributed by atoms with Crippen molar-refractivity contribution >= 4 is 11.8 Å². The molecule has 0 atom stereocenters. The van der Waals surface area contributed by atoms with Crippen LogP contribution in [0.5, 0.6) is 5.75 Å². The normalized spacial score (nSPS) is 10.2. The summed E-state index contributed by atoms with van der Waals surface area (Å²) in [6.45, 7) is 3.13. The Morgan fingerprint density at radius 1 is 1.08 bits per heavy atom. The zero-order chi connectivity index (χ0) is 17.4. The van der Waals surface area contributed by atoms with E-state index in [1.54, 1.807) is 23.1 Å². The predicted octanol–water partition coefficient (Wildman–Crippen LogP) is 2.60. The molecule has 0 fully saturated rings. The molecule has 2 rings (SSSR count). The zero-order valence-electron chi connectivity index (χ0n) is 13.8. The standard InChI is InChI=1S/C19H22N2O3/c1-2-24-17-10-6-9-16(13-17)19(23)21(12-11-18(20)22)14-15-7-4-3-5-8-15/h3-10,13H,2,11-12,14H2,1H3,(H2,20,22). The SMILES string of the molecule is CCOc1cccc(C(=O)N(CCC(N)=O)Cc2ccccc2)c1. The van der Waals surface area contributed by atoms with Gasteiger partial charge in [0.2, 0.25) is 5.91 Å². The van der Waals surface area contributed by atoms with Crippen LogP contribution in [0.3, 0.4) is 0 Å². The van der Waals surface area contributed by atoms with Gasteiger partial charge >= 0.3 is 0 Å². The Kier molecular flexibility index (Phi) is 6.37. The third kappa shape index (κ3) is 5.12. The first kappa shape index (κ1) is 17.5. The van der Waals surface area contributed by atoms with Crippen LogP contribution < -0.4 is 10.5 Å². The number of nitrogens with two attached hydrogens (primary N) is 1. The van der Waals surface area contributed by atoms with Gasteiger partial charge in [-0.15, -0.1) is 0 Å². The second-order valence-corrected chi connectivity index (χ2v) is 5.39. The van der Waals surface area contributed by atoms with E-state index in [2.05, 4.69) is 0 Å². The number of carbonyl (C=O) groups excluding carboxylic acids is 2. The van der Waals surface area contributed by atoms with Crippen LogP contribution in [0.1, 0.15) is 29.3 Å². The van der Waals surface area contributed by atoms with Gasteiger partial charge in [0.15, 0.2) is 0 Å². The molecule has 5 heteroatoms. The molecule has 0 unspecified atom stereocenters. The van der Waals surface area contributed by atoms with E-state index >= 15 is 0 Å². The van der Waals surface area contributed by atoms with Crippen molar-refractivity contribution in [2.75, 3.05) is 13.2 Å². The van der Waals surface area contributed by atoms with Gasteiger partial charge in [0.25, 0.3) is 5.91 Å². The van der Waals surface area contributed by atoms with Gasteiger partial charge in [-0.3, -0.25) is 9.59 Å². The highest BCUT2D eigenvalue weighted by atomic mass is 16.5. The van der Waals surface area contributed by atoms with Gasteiger partial charge in [0.05, 0.1) is 6.61 Å². The average Bonchev–Trinajstić information content (AvgIpc) is 2.59. The van der Waals surface area contributed by atoms with Crippen molar-refractivity contribution in [1.29, 1.82) is 0 Å². The van der Waals surface area contributed by atoms with Crippen molar-refractivity contribution < 1.29 is 14.3 Å². The Labute approximate surface area is 142 Å². The van der Waals surface area contributed by atoms with Gasteiger partial charge in [-0.2, -0.15) is 0 Å². The summed E-state index contributed by atoms with van der Waals surface area (Å²) < 4.78 is 5.45. The molecule has 126 valence electrons. The molecule has 0 saturated heterocycles. The Morgan fingerprint density at radius 2 is 1.83 bits per heavy atom. The lowest BCUT2D eigenvalue weighted by molar-refractivity contribution is -0.118. The van der Waals surface area contributed by atoms with Crippen LogP contribution in [0, 0.1) is 0 Å². The molecule has 0 aliphatic rings. The summed E-state index contributed by atoms with van der Waals surface area (Å²) in [6, 6.07) is 16.7. The number of amides is 2. The number of benzene rings is 2. The fourth-order valence-electron chi connectivity index (χ4n) is 2.37. The molecule has 0 aliphatic heterocycles. The van der Waals surface area contributed by atoms with Crippen LogP contribution in [0.2, 0.25) is 0 Å². The zero-order valence-corrected chi connectivity index (χ0v) is 13.8.